The van der Waals surface area contributed by atoms with E-state index in [1.54, 1.807) is 22.9 Å². The van der Waals surface area contributed by atoms with Crippen molar-refractivity contribution >= 4 is 34.5 Å². The molecule has 29 heavy (non-hydrogen) atoms. The van der Waals surface area contributed by atoms with Crippen LogP contribution in [-0.4, -0.2) is 21.6 Å². The standard InChI is InChI=1S/C23H21N3O3/c1-15(2)18-7-3-5-9-20(18)25-23(29)16(12-24)11-17-13-26(14-22(27)28)21-10-6-4-8-19(17)21/h3-11,13,15H,14H2,1-2H3,(H,25,29)(H,27,28)/b16-11+. The highest BCUT2D eigenvalue weighted by atomic mass is 16.4. The zero-order valence-electron chi connectivity index (χ0n) is 16.2. The van der Waals surface area contributed by atoms with Crippen LogP contribution in [0.25, 0.3) is 17.0 Å². The van der Waals surface area contributed by atoms with Gasteiger partial charge in [-0.2, -0.15) is 5.26 Å². The summed E-state index contributed by atoms with van der Waals surface area (Å²) in [6.07, 6.45) is 3.14. The van der Waals surface area contributed by atoms with Crippen LogP contribution in [0.5, 0.6) is 0 Å². The van der Waals surface area contributed by atoms with Crippen molar-refractivity contribution in [3.63, 3.8) is 0 Å². The summed E-state index contributed by atoms with van der Waals surface area (Å²) in [4.78, 5) is 23.9. The van der Waals surface area contributed by atoms with Crippen LogP contribution in [0.3, 0.4) is 0 Å². The molecule has 0 fully saturated rings. The van der Waals surface area contributed by atoms with Crippen LogP contribution in [0.15, 0.2) is 60.3 Å². The van der Waals surface area contributed by atoms with Crippen LogP contribution in [0, 0.1) is 11.3 Å². The second-order valence-corrected chi connectivity index (χ2v) is 6.99. The van der Waals surface area contributed by atoms with E-state index in [0.717, 1.165) is 16.5 Å². The maximum Gasteiger partial charge on any atom is 0.323 e. The van der Waals surface area contributed by atoms with E-state index >= 15 is 0 Å². The molecule has 6 nitrogen and oxygen atoms in total. The summed E-state index contributed by atoms with van der Waals surface area (Å²) in [6, 6.07) is 16.7. The molecule has 0 saturated heterocycles. The summed E-state index contributed by atoms with van der Waals surface area (Å²) in [5.74, 6) is -1.25. The maximum absolute atomic E-state index is 12.7. The van der Waals surface area contributed by atoms with Gasteiger partial charge in [-0.15, -0.1) is 0 Å². The number of nitriles is 1. The highest BCUT2D eigenvalue weighted by molar-refractivity contribution is 6.11. The Morgan fingerprint density at radius 2 is 1.86 bits per heavy atom. The molecule has 0 aliphatic carbocycles. The number of fused-ring (bicyclic) bond motifs is 1. The van der Waals surface area contributed by atoms with E-state index in [2.05, 4.69) is 5.32 Å². The van der Waals surface area contributed by atoms with Crippen LogP contribution in [-0.2, 0) is 16.1 Å². The number of amides is 1. The number of nitrogens with one attached hydrogen (secondary N) is 1. The van der Waals surface area contributed by atoms with Gasteiger partial charge in [0.2, 0.25) is 0 Å². The summed E-state index contributed by atoms with van der Waals surface area (Å²) < 4.78 is 1.59. The number of aromatic nitrogens is 1. The normalized spacial score (nSPS) is 11.4. The van der Waals surface area contributed by atoms with Crippen molar-refractivity contribution in [2.24, 2.45) is 0 Å². The first-order valence-corrected chi connectivity index (χ1v) is 9.22. The van der Waals surface area contributed by atoms with Gasteiger partial charge in [0.05, 0.1) is 0 Å². The lowest BCUT2D eigenvalue weighted by Gasteiger charge is -2.13. The van der Waals surface area contributed by atoms with Gasteiger partial charge in [0.15, 0.2) is 0 Å². The Kier molecular flexibility index (Phi) is 5.79. The van der Waals surface area contributed by atoms with Gasteiger partial charge in [0, 0.05) is 28.4 Å². The number of carboxylic acids is 1. The summed E-state index contributed by atoms with van der Waals surface area (Å²) >= 11 is 0. The number of benzene rings is 2. The molecule has 1 aromatic heterocycles. The van der Waals surface area contributed by atoms with Gasteiger partial charge in [-0.25, -0.2) is 0 Å². The first-order valence-electron chi connectivity index (χ1n) is 9.22. The van der Waals surface area contributed by atoms with Gasteiger partial charge in [-0.3, -0.25) is 9.59 Å². The fourth-order valence-corrected chi connectivity index (χ4v) is 3.27. The molecule has 146 valence electrons. The Hall–Kier alpha value is -3.85. The Morgan fingerprint density at radius 3 is 2.55 bits per heavy atom. The Bertz CT molecular complexity index is 1150. The van der Waals surface area contributed by atoms with Crippen LogP contribution in [0.2, 0.25) is 0 Å². The predicted molar refractivity (Wildman–Crippen MR) is 112 cm³/mol. The molecule has 1 heterocycles. The molecule has 0 radical (unpaired) electrons. The van der Waals surface area contributed by atoms with Crippen LogP contribution >= 0.6 is 0 Å². The Morgan fingerprint density at radius 1 is 1.17 bits per heavy atom. The van der Waals surface area contributed by atoms with E-state index in [1.165, 1.54) is 6.08 Å². The largest absolute Gasteiger partial charge is 0.480 e. The van der Waals surface area contributed by atoms with E-state index in [-0.39, 0.29) is 18.0 Å². The number of nitrogens with zero attached hydrogens (tertiary/aromatic N) is 2. The average molecular weight is 387 g/mol. The third kappa shape index (κ3) is 4.36. The highest BCUT2D eigenvalue weighted by Gasteiger charge is 2.15. The maximum atomic E-state index is 12.7. The van der Waals surface area contributed by atoms with Gasteiger partial charge >= 0.3 is 5.97 Å². The first kappa shape index (κ1) is 19.9. The molecule has 0 saturated carbocycles. The number of aliphatic carboxylic acids is 1. The third-order valence-electron chi connectivity index (χ3n) is 4.62. The zero-order chi connectivity index (χ0) is 21.0. The van der Waals surface area contributed by atoms with Crippen molar-refractivity contribution in [3.05, 3.63) is 71.4 Å². The summed E-state index contributed by atoms with van der Waals surface area (Å²) in [7, 11) is 0. The molecular weight excluding hydrogens is 366 g/mol. The van der Waals surface area contributed by atoms with Crippen molar-refractivity contribution in [2.75, 3.05) is 5.32 Å². The molecule has 2 N–H and O–H groups in total. The van der Waals surface area contributed by atoms with Crippen LogP contribution < -0.4 is 5.32 Å². The number of para-hydroxylation sites is 2. The van der Waals surface area contributed by atoms with Crippen molar-refractivity contribution < 1.29 is 14.7 Å². The minimum absolute atomic E-state index is 0.0539. The van der Waals surface area contributed by atoms with Crippen molar-refractivity contribution in [2.45, 2.75) is 26.3 Å². The number of anilines is 1. The molecule has 0 spiro atoms. The summed E-state index contributed by atoms with van der Waals surface area (Å²) in [5, 5.41) is 22.3. The number of hydrogen-bond donors (Lipinski definition) is 2. The monoisotopic (exact) mass is 387 g/mol. The second kappa shape index (κ2) is 8.44. The molecular formula is C23H21N3O3. The minimum atomic E-state index is -0.968. The van der Waals surface area contributed by atoms with E-state index in [9.17, 15) is 14.9 Å². The van der Waals surface area contributed by atoms with Gasteiger partial charge in [-0.1, -0.05) is 50.2 Å². The Balaban J connectivity index is 1.98. The highest BCUT2D eigenvalue weighted by Crippen LogP contribution is 2.26. The average Bonchev–Trinajstić information content (AvgIpc) is 3.03. The molecule has 0 aliphatic rings. The number of hydrogen-bond acceptors (Lipinski definition) is 3. The smallest absolute Gasteiger partial charge is 0.323 e. The van der Waals surface area contributed by atoms with Crippen LogP contribution in [0.4, 0.5) is 5.69 Å². The van der Waals surface area contributed by atoms with Crippen LogP contribution in [0.1, 0.15) is 30.9 Å². The van der Waals surface area contributed by atoms with E-state index < -0.39 is 11.9 Å². The number of carbonyl (C=O) groups is 2. The molecule has 0 aliphatic heterocycles. The van der Waals surface area contributed by atoms with Gasteiger partial charge < -0.3 is 15.0 Å². The molecule has 0 atom stereocenters. The van der Waals surface area contributed by atoms with Crippen molar-refractivity contribution in [3.8, 4) is 6.07 Å². The molecule has 1 amide bonds. The Labute approximate surface area is 168 Å². The first-order chi connectivity index (χ1) is 13.9. The molecule has 0 unspecified atom stereocenters. The zero-order valence-corrected chi connectivity index (χ0v) is 16.2. The lowest BCUT2D eigenvalue weighted by atomic mass is 10.0. The predicted octanol–water partition coefficient (Wildman–Crippen LogP) is 4.39. The summed E-state index contributed by atoms with van der Waals surface area (Å²) in [5.41, 5.74) is 2.94. The molecule has 3 rings (SSSR count). The van der Waals surface area contributed by atoms with Gasteiger partial charge in [-0.05, 0) is 29.7 Å². The van der Waals surface area contributed by atoms with Gasteiger partial charge in [0.1, 0.15) is 18.2 Å². The SMILES string of the molecule is CC(C)c1ccccc1NC(=O)/C(C#N)=C/c1cn(CC(=O)O)c2ccccc12. The lowest BCUT2D eigenvalue weighted by Crippen LogP contribution is -2.15. The van der Waals surface area contributed by atoms with E-state index in [1.807, 2.05) is 56.3 Å². The fraction of sp³-hybridized carbons (Fsp3) is 0.174. The number of carboxylic acid groups (broad SMARTS) is 1. The third-order valence-corrected chi connectivity index (χ3v) is 4.62. The van der Waals surface area contributed by atoms with E-state index in [4.69, 9.17) is 5.11 Å². The fourth-order valence-electron chi connectivity index (χ4n) is 3.27. The lowest BCUT2D eigenvalue weighted by molar-refractivity contribution is -0.137. The second-order valence-electron chi connectivity index (χ2n) is 6.99. The molecule has 6 heteroatoms. The molecule has 0 bridgehead atoms. The quantitative estimate of drug-likeness (QED) is 0.484. The van der Waals surface area contributed by atoms with Crippen molar-refractivity contribution in [1.82, 2.24) is 4.57 Å². The van der Waals surface area contributed by atoms with Crippen molar-refractivity contribution in [1.29, 1.82) is 5.26 Å². The molecule has 3 aromatic rings. The van der Waals surface area contributed by atoms with Gasteiger partial charge in [0.25, 0.3) is 5.91 Å². The summed E-state index contributed by atoms with van der Waals surface area (Å²) in [6.45, 7) is 3.86. The van der Waals surface area contributed by atoms with E-state index in [0.29, 0.717) is 11.3 Å². The minimum Gasteiger partial charge on any atom is -0.480 e. The topological polar surface area (TPSA) is 95.1 Å². The number of carbonyl (C=O) groups excluding carboxylic acids is 1. The molecule has 2 aromatic carbocycles. The number of rotatable bonds is 6.